The molecule has 2 nitrogen and oxygen atoms in total. The summed E-state index contributed by atoms with van der Waals surface area (Å²) >= 11 is 0. The number of para-hydroxylation sites is 2. The summed E-state index contributed by atoms with van der Waals surface area (Å²) in [5.41, 5.74) is 6.40. The summed E-state index contributed by atoms with van der Waals surface area (Å²) in [5, 5.41) is 3.55. The zero-order valence-electron chi connectivity index (χ0n) is 11.7. The summed E-state index contributed by atoms with van der Waals surface area (Å²) in [6.45, 7) is 11.3. The summed E-state index contributed by atoms with van der Waals surface area (Å²) < 4.78 is 0. The molecule has 1 aromatic rings. The lowest BCUT2D eigenvalue weighted by atomic mass is 10.2. The minimum Gasteiger partial charge on any atom is -0.369 e. The number of rotatable bonds is 5. The van der Waals surface area contributed by atoms with Gasteiger partial charge < -0.3 is 10.2 Å². The van der Waals surface area contributed by atoms with E-state index in [9.17, 15) is 0 Å². The Balaban J connectivity index is 2.18. The second-order valence-electron chi connectivity index (χ2n) is 5.27. The van der Waals surface area contributed by atoms with Gasteiger partial charge in [-0.15, -0.1) is 0 Å². The Morgan fingerprint density at radius 3 is 2.56 bits per heavy atom. The lowest BCUT2D eigenvalue weighted by Crippen LogP contribution is -2.20. The molecule has 0 amide bonds. The molecule has 0 unspecified atom stereocenters. The van der Waals surface area contributed by atoms with Crippen LogP contribution in [0.25, 0.3) is 0 Å². The highest BCUT2D eigenvalue weighted by Gasteiger charge is 2.28. The molecule has 0 aromatic heterocycles. The molecule has 18 heavy (non-hydrogen) atoms. The SMILES string of the molecule is C=C(C)CN(C)c1ccccc1NC1=C(C)[C@@H]1C. The van der Waals surface area contributed by atoms with Gasteiger partial charge in [-0.1, -0.05) is 31.2 Å². The van der Waals surface area contributed by atoms with Crippen LogP contribution in [-0.2, 0) is 0 Å². The first kappa shape index (κ1) is 12.7. The minimum atomic E-state index is 0.615. The van der Waals surface area contributed by atoms with Gasteiger partial charge in [-0.05, 0) is 31.6 Å². The van der Waals surface area contributed by atoms with Gasteiger partial charge in [0.2, 0.25) is 0 Å². The van der Waals surface area contributed by atoms with E-state index < -0.39 is 0 Å². The third-order valence-electron chi connectivity index (χ3n) is 3.52. The van der Waals surface area contributed by atoms with E-state index in [-0.39, 0.29) is 0 Å². The van der Waals surface area contributed by atoms with Gasteiger partial charge in [0.25, 0.3) is 0 Å². The van der Waals surface area contributed by atoms with Crippen LogP contribution in [0.4, 0.5) is 11.4 Å². The number of benzene rings is 1. The van der Waals surface area contributed by atoms with Gasteiger partial charge in [0.1, 0.15) is 0 Å². The fourth-order valence-electron chi connectivity index (χ4n) is 2.23. The predicted octanol–water partition coefficient (Wildman–Crippen LogP) is 4.03. The molecule has 0 aliphatic heterocycles. The maximum Gasteiger partial charge on any atom is 0.0619 e. The first-order valence-electron chi connectivity index (χ1n) is 6.43. The van der Waals surface area contributed by atoms with Crippen LogP contribution in [0.15, 0.2) is 47.7 Å². The van der Waals surface area contributed by atoms with Crippen LogP contribution >= 0.6 is 0 Å². The van der Waals surface area contributed by atoms with Crippen molar-refractivity contribution in [3.8, 4) is 0 Å². The molecule has 2 heteroatoms. The number of nitrogens with zero attached hydrogens (tertiary/aromatic N) is 1. The Morgan fingerprint density at radius 1 is 1.39 bits per heavy atom. The van der Waals surface area contributed by atoms with E-state index in [0.717, 1.165) is 6.54 Å². The molecule has 1 aromatic carbocycles. The van der Waals surface area contributed by atoms with E-state index in [1.165, 1.54) is 28.2 Å². The van der Waals surface area contributed by atoms with Crippen molar-refractivity contribution in [2.24, 2.45) is 5.92 Å². The van der Waals surface area contributed by atoms with E-state index in [1.807, 2.05) is 0 Å². The molecule has 1 aliphatic rings. The van der Waals surface area contributed by atoms with E-state index in [1.54, 1.807) is 0 Å². The number of hydrogen-bond donors (Lipinski definition) is 1. The zero-order chi connectivity index (χ0) is 13.3. The quantitative estimate of drug-likeness (QED) is 0.784. The van der Waals surface area contributed by atoms with Gasteiger partial charge in [-0.25, -0.2) is 0 Å². The van der Waals surface area contributed by atoms with Crippen LogP contribution < -0.4 is 10.2 Å². The second kappa shape index (κ2) is 4.89. The Bertz CT molecular complexity index is 500. The fourth-order valence-corrected chi connectivity index (χ4v) is 2.23. The van der Waals surface area contributed by atoms with Gasteiger partial charge in [0.15, 0.2) is 0 Å². The molecule has 1 N–H and O–H groups in total. The van der Waals surface area contributed by atoms with Gasteiger partial charge in [-0.2, -0.15) is 0 Å². The summed E-state index contributed by atoms with van der Waals surface area (Å²) in [5.74, 6) is 0.615. The van der Waals surface area contributed by atoms with E-state index in [0.29, 0.717) is 5.92 Å². The molecule has 1 aliphatic carbocycles. The molecule has 0 saturated carbocycles. The second-order valence-corrected chi connectivity index (χ2v) is 5.27. The molecule has 96 valence electrons. The largest absolute Gasteiger partial charge is 0.369 e. The third kappa shape index (κ3) is 2.58. The molecular weight excluding hydrogens is 220 g/mol. The average Bonchev–Trinajstić information content (AvgIpc) is 2.87. The van der Waals surface area contributed by atoms with Gasteiger partial charge in [-0.3, -0.25) is 0 Å². The van der Waals surface area contributed by atoms with Crippen LogP contribution in [-0.4, -0.2) is 13.6 Å². The van der Waals surface area contributed by atoms with Crippen LogP contribution in [0.3, 0.4) is 0 Å². The monoisotopic (exact) mass is 242 g/mol. The number of hydrogen-bond acceptors (Lipinski definition) is 2. The van der Waals surface area contributed by atoms with Crippen molar-refractivity contribution >= 4 is 11.4 Å². The van der Waals surface area contributed by atoms with Crippen molar-refractivity contribution < 1.29 is 0 Å². The summed E-state index contributed by atoms with van der Waals surface area (Å²) in [4.78, 5) is 2.23. The Labute approximate surface area is 110 Å². The van der Waals surface area contributed by atoms with Crippen LogP contribution in [0.5, 0.6) is 0 Å². The molecule has 0 radical (unpaired) electrons. The Morgan fingerprint density at radius 2 is 2.00 bits per heavy atom. The highest BCUT2D eigenvalue weighted by atomic mass is 15.1. The summed E-state index contributed by atoms with van der Waals surface area (Å²) in [7, 11) is 2.10. The molecule has 0 heterocycles. The summed E-state index contributed by atoms with van der Waals surface area (Å²) in [6, 6.07) is 8.43. The third-order valence-corrected chi connectivity index (χ3v) is 3.52. The number of allylic oxidation sites excluding steroid dienone is 2. The summed E-state index contributed by atoms with van der Waals surface area (Å²) in [6.07, 6.45) is 0. The maximum absolute atomic E-state index is 3.98. The lowest BCUT2D eigenvalue weighted by molar-refractivity contribution is 0.978. The van der Waals surface area contributed by atoms with Crippen molar-refractivity contribution in [3.05, 3.63) is 47.7 Å². The molecule has 1 atom stereocenters. The van der Waals surface area contributed by atoms with Gasteiger partial charge in [0.05, 0.1) is 11.4 Å². The highest BCUT2D eigenvalue weighted by molar-refractivity contribution is 5.73. The smallest absolute Gasteiger partial charge is 0.0619 e. The fraction of sp³-hybridized carbons (Fsp3) is 0.375. The number of nitrogens with one attached hydrogen (secondary N) is 1. The van der Waals surface area contributed by atoms with Crippen molar-refractivity contribution in [1.29, 1.82) is 0 Å². The molecule has 0 spiro atoms. The van der Waals surface area contributed by atoms with Crippen LogP contribution in [0, 0.1) is 5.92 Å². The number of anilines is 2. The topological polar surface area (TPSA) is 15.3 Å². The van der Waals surface area contributed by atoms with E-state index in [4.69, 9.17) is 0 Å². The standard InChI is InChI=1S/C16H22N2/c1-11(2)10-18(5)15-9-7-6-8-14(15)17-16-12(3)13(16)4/h6-9,12,17H,1,10H2,2-5H3/t12-/m0/s1. The normalized spacial score (nSPS) is 17.7. The number of likely N-dealkylation sites (N-methyl/N-ethyl adjacent to an activating group) is 1. The van der Waals surface area contributed by atoms with E-state index in [2.05, 4.69) is 68.9 Å². The Kier molecular flexibility index (Phi) is 3.46. The first-order chi connectivity index (χ1) is 8.50. The van der Waals surface area contributed by atoms with Gasteiger partial charge >= 0.3 is 0 Å². The first-order valence-corrected chi connectivity index (χ1v) is 6.43. The average molecular weight is 242 g/mol. The maximum atomic E-state index is 3.98. The molecule has 0 saturated heterocycles. The van der Waals surface area contributed by atoms with Crippen molar-refractivity contribution in [2.45, 2.75) is 20.8 Å². The predicted molar refractivity (Wildman–Crippen MR) is 80.0 cm³/mol. The van der Waals surface area contributed by atoms with Crippen LogP contribution in [0.2, 0.25) is 0 Å². The van der Waals surface area contributed by atoms with Gasteiger partial charge in [0, 0.05) is 25.2 Å². The van der Waals surface area contributed by atoms with Crippen molar-refractivity contribution in [3.63, 3.8) is 0 Å². The van der Waals surface area contributed by atoms with Crippen molar-refractivity contribution in [2.75, 3.05) is 23.8 Å². The Hall–Kier alpha value is -1.70. The molecule has 0 bridgehead atoms. The molecule has 2 rings (SSSR count). The molecular formula is C16H22N2. The lowest BCUT2D eigenvalue weighted by Gasteiger charge is -2.22. The highest BCUT2D eigenvalue weighted by Crippen LogP contribution is 2.40. The van der Waals surface area contributed by atoms with Crippen LogP contribution in [0.1, 0.15) is 20.8 Å². The van der Waals surface area contributed by atoms with E-state index >= 15 is 0 Å². The van der Waals surface area contributed by atoms with Crippen molar-refractivity contribution in [1.82, 2.24) is 0 Å². The zero-order valence-corrected chi connectivity index (χ0v) is 11.7. The molecule has 0 fully saturated rings. The minimum absolute atomic E-state index is 0.615.